The Balaban J connectivity index is 1.94. The number of para-hydroxylation sites is 1. The molecule has 0 spiro atoms. The number of benzene rings is 2. The van der Waals surface area contributed by atoms with Crippen LogP contribution in [0.5, 0.6) is 0 Å². The molecule has 1 amide bonds. The van der Waals surface area contributed by atoms with Crippen molar-refractivity contribution in [1.29, 1.82) is 0 Å². The van der Waals surface area contributed by atoms with E-state index in [4.69, 9.17) is 0 Å². The van der Waals surface area contributed by atoms with Crippen LogP contribution in [0, 0.1) is 6.92 Å². The van der Waals surface area contributed by atoms with E-state index in [0.29, 0.717) is 16.8 Å². The smallest absolute Gasteiger partial charge is 0.304 e. The molecule has 0 N–H and O–H groups in total. The maximum atomic E-state index is 13.1. The van der Waals surface area contributed by atoms with Crippen LogP contribution >= 0.6 is 0 Å². The second-order valence-corrected chi connectivity index (χ2v) is 6.11. The zero-order valence-corrected chi connectivity index (χ0v) is 14.6. The van der Waals surface area contributed by atoms with Gasteiger partial charge in [0.2, 0.25) is 0 Å². The van der Waals surface area contributed by atoms with Crippen LogP contribution in [0.4, 0.5) is 18.9 Å². The number of carbonyl (C=O) groups excluding carboxylic acids is 1. The van der Waals surface area contributed by atoms with E-state index in [0.717, 1.165) is 17.7 Å². The van der Waals surface area contributed by atoms with Gasteiger partial charge in [0.05, 0.1) is 12.1 Å². The molecule has 138 valence electrons. The Morgan fingerprint density at radius 2 is 1.67 bits per heavy atom. The summed E-state index contributed by atoms with van der Waals surface area (Å²) in [6, 6.07) is 15.5. The summed E-state index contributed by atoms with van der Waals surface area (Å²) in [4.78, 5) is 18.7. The van der Waals surface area contributed by atoms with Gasteiger partial charge in [-0.3, -0.25) is 9.78 Å². The number of hydrogen-bond donors (Lipinski definition) is 0. The van der Waals surface area contributed by atoms with Crippen LogP contribution in [0.15, 0.2) is 73.1 Å². The molecule has 0 bridgehead atoms. The van der Waals surface area contributed by atoms with Gasteiger partial charge in [-0.1, -0.05) is 30.3 Å². The standard InChI is InChI=1S/C21H17F3N2O/c1-15-13-25-12-11-19(15)20(27)26(18-5-3-2-4-6-18)14-16-7-9-17(10-8-16)21(22,23)24/h2-13H,14H2,1H3. The van der Waals surface area contributed by atoms with Gasteiger partial charge in [-0.15, -0.1) is 0 Å². The molecule has 0 aliphatic heterocycles. The van der Waals surface area contributed by atoms with Crippen molar-refractivity contribution < 1.29 is 18.0 Å². The van der Waals surface area contributed by atoms with Gasteiger partial charge in [0.1, 0.15) is 0 Å². The third-order valence-corrected chi connectivity index (χ3v) is 4.19. The number of carbonyl (C=O) groups is 1. The molecular formula is C21H17F3N2O. The zero-order valence-electron chi connectivity index (χ0n) is 14.6. The van der Waals surface area contributed by atoms with E-state index < -0.39 is 11.7 Å². The number of nitrogens with zero attached hydrogens (tertiary/aromatic N) is 2. The Morgan fingerprint density at radius 3 is 2.26 bits per heavy atom. The van der Waals surface area contributed by atoms with Crippen molar-refractivity contribution in [1.82, 2.24) is 4.98 Å². The number of hydrogen-bond acceptors (Lipinski definition) is 2. The fourth-order valence-corrected chi connectivity index (χ4v) is 2.73. The summed E-state index contributed by atoms with van der Waals surface area (Å²) in [5.41, 5.74) is 1.79. The van der Waals surface area contributed by atoms with E-state index in [1.165, 1.54) is 12.1 Å². The Kier molecular flexibility index (Phi) is 5.26. The van der Waals surface area contributed by atoms with Crippen molar-refractivity contribution in [2.45, 2.75) is 19.6 Å². The van der Waals surface area contributed by atoms with E-state index in [9.17, 15) is 18.0 Å². The number of amides is 1. The van der Waals surface area contributed by atoms with Gasteiger partial charge < -0.3 is 4.90 Å². The van der Waals surface area contributed by atoms with E-state index in [1.54, 1.807) is 42.4 Å². The predicted octanol–water partition coefficient (Wildman–Crippen LogP) is 5.26. The lowest BCUT2D eigenvalue weighted by Crippen LogP contribution is -2.31. The number of halogens is 3. The summed E-state index contributed by atoms with van der Waals surface area (Å²) >= 11 is 0. The number of aryl methyl sites for hydroxylation is 1. The highest BCUT2D eigenvalue weighted by Crippen LogP contribution is 2.29. The summed E-state index contributed by atoms with van der Waals surface area (Å²) in [7, 11) is 0. The minimum absolute atomic E-state index is 0.156. The zero-order chi connectivity index (χ0) is 19.4. The average molecular weight is 370 g/mol. The van der Waals surface area contributed by atoms with Crippen molar-refractivity contribution in [3.05, 3.63) is 95.3 Å². The molecule has 2 aromatic carbocycles. The lowest BCUT2D eigenvalue weighted by molar-refractivity contribution is -0.137. The molecule has 0 saturated carbocycles. The maximum absolute atomic E-state index is 13.1. The van der Waals surface area contributed by atoms with Gasteiger partial charge in [-0.2, -0.15) is 13.2 Å². The quantitative estimate of drug-likeness (QED) is 0.628. The lowest BCUT2D eigenvalue weighted by atomic mass is 10.1. The molecule has 3 rings (SSSR count). The van der Waals surface area contributed by atoms with Crippen LogP contribution in [0.3, 0.4) is 0 Å². The van der Waals surface area contributed by atoms with Gasteiger partial charge in [0.15, 0.2) is 0 Å². The molecule has 3 nitrogen and oxygen atoms in total. The predicted molar refractivity (Wildman–Crippen MR) is 97.4 cm³/mol. The van der Waals surface area contributed by atoms with Crippen molar-refractivity contribution in [2.24, 2.45) is 0 Å². The normalized spacial score (nSPS) is 11.3. The molecule has 0 aliphatic carbocycles. The number of pyridine rings is 1. The summed E-state index contributed by atoms with van der Waals surface area (Å²) in [6.45, 7) is 1.95. The largest absolute Gasteiger partial charge is 0.416 e. The first kappa shape index (κ1) is 18.6. The fourth-order valence-electron chi connectivity index (χ4n) is 2.73. The highest BCUT2D eigenvalue weighted by atomic mass is 19.4. The van der Waals surface area contributed by atoms with Gasteiger partial charge in [-0.05, 0) is 48.4 Å². The Labute approximate surface area is 155 Å². The molecule has 1 aromatic heterocycles. The Hall–Kier alpha value is -3.15. The Bertz CT molecular complexity index is 922. The molecule has 3 aromatic rings. The molecule has 27 heavy (non-hydrogen) atoms. The first-order chi connectivity index (χ1) is 12.9. The molecule has 6 heteroatoms. The van der Waals surface area contributed by atoms with E-state index in [1.807, 2.05) is 18.2 Å². The van der Waals surface area contributed by atoms with Crippen LogP contribution in [0.1, 0.15) is 27.0 Å². The van der Waals surface area contributed by atoms with Crippen LogP contribution in [-0.4, -0.2) is 10.9 Å². The monoisotopic (exact) mass is 370 g/mol. The second-order valence-electron chi connectivity index (χ2n) is 6.11. The summed E-state index contributed by atoms with van der Waals surface area (Å²) < 4.78 is 38.3. The average Bonchev–Trinajstić information content (AvgIpc) is 2.66. The van der Waals surface area contributed by atoms with Crippen molar-refractivity contribution in [2.75, 3.05) is 4.90 Å². The number of aromatic nitrogens is 1. The van der Waals surface area contributed by atoms with Crippen LogP contribution < -0.4 is 4.90 Å². The summed E-state index contributed by atoms with van der Waals surface area (Å²) in [6.07, 6.45) is -1.24. The first-order valence-corrected chi connectivity index (χ1v) is 8.30. The highest BCUT2D eigenvalue weighted by molar-refractivity contribution is 6.06. The van der Waals surface area contributed by atoms with Crippen LogP contribution in [-0.2, 0) is 12.7 Å². The van der Waals surface area contributed by atoms with Gasteiger partial charge in [0.25, 0.3) is 5.91 Å². The molecule has 0 fully saturated rings. The maximum Gasteiger partial charge on any atom is 0.416 e. The Morgan fingerprint density at radius 1 is 1.00 bits per heavy atom. The van der Waals surface area contributed by atoms with Crippen molar-refractivity contribution >= 4 is 11.6 Å². The highest BCUT2D eigenvalue weighted by Gasteiger charge is 2.30. The number of rotatable bonds is 4. The summed E-state index contributed by atoms with van der Waals surface area (Å²) in [5, 5.41) is 0. The van der Waals surface area contributed by atoms with Crippen molar-refractivity contribution in [3.8, 4) is 0 Å². The first-order valence-electron chi connectivity index (χ1n) is 8.30. The van der Waals surface area contributed by atoms with E-state index >= 15 is 0 Å². The molecule has 0 saturated heterocycles. The minimum Gasteiger partial charge on any atom is -0.304 e. The van der Waals surface area contributed by atoms with Gasteiger partial charge in [0, 0.05) is 23.6 Å². The van der Waals surface area contributed by atoms with Crippen LogP contribution in [0.2, 0.25) is 0 Å². The number of anilines is 1. The molecule has 0 radical (unpaired) electrons. The molecule has 1 heterocycles. The second kappa shape index (κ2) is 7.61. The molecule has 0 atom stereocenters. The molecule has 0 aliphatic rings. The minimum atomic E-state index is -4.39. The third kappa shape index (κ3) is 4.34. The molecule has 0 unspecified atom stereocenters. The SMILES string of the molecule is Cc1cnccc1C(=O)N(Cc1ccc(C(F)(F)F)cc1)c1ccccc1. The van der Waals surface area contributed by atoms with E-state index in [2.05, 4.69) is 4.98 Å². The van der Waals surface area contributed by atoms with Gasteiger partial charge >= 0.3 is 6.18 Å². The van der Waals surface area contributed by atoms with Crippen molar-refractivity contribution in [3.63, 3.8) is 0 Å². The summed E-state index contributed by atoms with van der Waals surface area (Å²) in [5.74, 6) is -0.235. The number of alkyl halides is 3. The van der Waals surface area contributed by atoms with E-state index in [-0.39, 0.29) is 12.5 Å². The fraction of sp³-hybridized carbons (Fsp3) is 0.143. The topological polar surface area (TPSA) is 33.2 Å². The van der Waals surface area contributed by atoms with Gasteiger partial charge in [-0.25, -0.2) is 0 Å². The third-order valence-electron chi connectivity index (χ3n) is 4.19. The van der Waals surface area contributed by atoms with Crippen LogP contribution in [0.25, 0.3) is 0 Å². The lowest BCUT2D eigenvalue weighted by Gasteiger charge is -2.24. The molecular weight excluding hydrogens is 353 g/mol.